The first-order chi connectivity index (χ1) is 11.7. The fourth-order valence-corrected chi connectivity index (χ4v) is 2.64. The average Bonchev–Trinajstić information content (AvgIpc) is 3.12. The Morgan fingerprint density at radius 2 is 1.88 bits per heavy atom. The van der Waals surface area contributed by atoms with Crippen molar-refractivity contribution in [2.45, 2.75) is 19.3 Å². The third-order valence-electron chi connectivity index (χ3n) is 3.10. The van der Waals surface area contributed by atoms with Crippen LogP contribution in [0.3, 0.4) is 0 Å². The summed E-state index contributed by atoms with van der Waals surface area (Å²) in [5, 5.41) is 10.7. The van der Waals surface area contributed by atoms with Crippen LogP contribution >= 0.6 is 11.3 Å². The summed E-state index contributed by atoms with van der Waals surface area (Å²) in [7, 11) is 0. The van der Waals surface area contributed by atoms with E-state index in [4.69, 9.17) is 10.00 Å². The number of carbonyl (C=O) groups excluding carboxylic acids is 2. The molecule has 0 fully saturated rings. The van der Waals surface area contributed by atoms with Gasteiger partial charge in [0.05, 0.1) is 11.6 Å². The summed E-state index contributed by atoms with van der Waals surface area (Å²) in [4.78, 5) is 24.5. The third-order valence-corrected chi connectivity index (χ3v) is 4.04. The molecule has 0 unspecified atom stereocenters. The molecule has 1 heterocycles. The molecule has 0 aliphatic carbocycles. The van der Waals surface area contributed by atoms with Crippen molar-refractivity contribution in [3.63, 3.8) is 0 Å². The second-order valence-corrected chi connectivity index (χ2v) is 5.99. The molecule has 124 valence electrons. The molecule has 1 aromatic carbocycles. The van der Waals surface area contributed by atoms with Crippen molar-refractivity contribution in [3.8, 4) is 11.8 Å². The molecule has 0 bridgehead atoms. The lowest BCUT2D eigenvalue weighted by Crippen LogP contribution is -2.43. The normalized spacial score (nSPS) is 9.79. The number of ether oxygens (including phenoxy) is 1. The van der Waals surface area contributed by atoms with Gasteiger partial charge in [0.2, 0.25) is 5.91 Å². The van der Waals surface area contributed by atoms with Crippen molar-refractivity contribution in [3.05, 3.63) is 52.2 Å². The molecule has 2 rings (SSSR count). The van der Waals surface area contributed by atoms with Gasteiger partial charge < -0.3 is 4.74 Å². The molecule has 0 atom stereocenters. The minimum atomic E-state index is -0.453. The van der Waals surface area contributed by atoms with Crippen molar-refractivity contribution < 1.29 is 14.3 Å². The molecule has 0 saturated heterocycles. The van der Waals surface area contributed by atoms with E-state index in [1.165, 1.54) is 4.88 Å². The smallest absolute Gasteiger partial charge is 0.276 e. The van der Waals surface area contributed by atoms with Gasteiger partial charge in [0.15, 0.2) is 6.61 Å². The Balaban J connectivity index is 1.59. The Morgan fingerprint density at radius 3 is 2.54 bits per heavy atom. The van der Waals surface area contributed by atoms with E-state index in [0.29, 0.717) is 17.7 Å². The number of carbonyl (C=O) groups is 2. The number of nitrogens with one attached hydrogen (secondary N) is 2. The van der Waals surface area contributed by atoms with Crippen LogP contribution in [0.15, 0.2) is 41.8 Å². The molecule has 2 N–H and O–H groups in total. The number of hydrogen-bond donors (Lipinski definition) is 2. The largest absolute Gasteiger partial charge is 0.484 e. The summed E-state index contributed by atoms with van der Waals surface area (Å²) < 4.78 is 5.26. The zero-order valence-electron chi connectivity index (χ0n) is 13.0. The maximum atomic E-state index is 11.6. The average molecular weight is 343 g/mol. The summed E-state index contributed by atoms with van der Waals surface area (Å²) >= 11 is 1.66. The standard InChI is InChI=1S/C17H17N3O3S/c18-11-13-6-8-14(9-7-13)23-12-17(22)20-19-16(21)5-1-3-15-4-2-10-24-15/h2,4,6-10H,1,3,5,12H2,(H,19,21)(H,20,22). The lowest BCUT2D eigenvalue weighted by Gasteiger charge is -2.08. The number of nitrogens with zero attached hydrogens (tertiary/aromatic N) is 1. The lowest BCUT2D eigenvalue weighted by atomic mass is 10.2. The van der Waals surface area contributed by atoms with E-state index in [-0.39, 0.29) is 12.5 Å². The van der Waals surface area contributed by atoms with Gasteiger partial charge in [-0.25, -0.2) is 0 Å². The van der Waals surface area contributed by atoms with E-state index in [2.05, 4.69) is 10.9 Å². The number of rotatable bonds is 7. The summed E-state index contributed by atoms with van der Waals surface area (Å²) in [6, 6.07) is 12.4. The fraction of sp³-hybridized carbons (Fsp3) is 0.235. The van der Waals surface area contributed by atoms with Gasteiger partial charge in [0.1, 0.15) is 5.75 Å². The van der Waals surface area contributed by atoms with Gasteiger partial charge in [-0.15, -0.1) is 11.3 Å². The first-order valence-electron chi connectivity index (χ1n) is 7.40. The molecule has 0 aliphatic heterocycles. The Labute approximate surface area is 144 Å². The first-order valence-corrected chi connectivity index (χ1v) is 8.28. The summed E-state index contributed by atoms with van der Waals surface area (Å²) in [6.45, 7) is -0.221. The lowest BCUT2D eigenvalue weighted by molar-refractivity contribution is -0.130. The molecule has 0 spiro atoms. The van der Waals surface area contributed by atoms with Crippen LogP contribution in [0.25, 0.3) is 0 Å². The van der Waals surface area contributed by atoms with E-state index in [1.54, 1.807) is 35.6 Å². The van der Waals surface area contributed by atoms with Crippen LogP contribution in [0, 0.1) is 11.3 Å². The quantitative estimate of drug-likeness (QED) is 0.754. The molecular formula is C17H17N3O3S. The van der Waals surface area contributed by atoms with Crippen LogP contribution in [-0.4, -0.2) is 18.4 Å². The van der Waals surface area contributed by atoms with Crippen LogP contribution in [0.5, 0.6) is 5.75 Å². The monoisotopic (exact) mass is 343 g/mol. The zero-order valence-corrected chi connectivity index (χ0v) is 13.8. The molecule has 0 radical (unpaired) electrons. The second-order valence-electron chi connectivity index (χ2n) is 4.95. The van der Waals surface area contributed by atoms with Crippen LogP contribution in [0.1, 0.15) is 23.3 Å². The van der Waals surface area contributed by atoms with Crippen molar-refractivity contribution in [2.24, 2.45) is 0 Å². The number of hydrogen-bond acceptors (Lipinski definition) is 5. The van der Waals surface area contributed by atoms with Crippen LogP contribution in [0.2, 0.25) is 0 Å². The van der Waals surface area contributed by atoms with Crippen molar-refractivity contribution >= 4 is 23.2 Å². The van der Waals surface area contributed by atoms with E-state index >= 15 is 0 Å². The molecule has 2 aromatic rings. The van der Waals surface area contributed by atoms with E-state index in [0.717, 1.165) is 12.8 Å². The van der Waals surface area contributed by atoms with Crippen LogP contribution in [0.4, 0.5) is 0 Å². The molecule has 6 nitrogen and oxygen atoms in total. The molecular weight excluding hydrogens is 326 g/mol. The van der Waals surface area contributed by atoms with E-state index in [9.17, 15) is 9.59 Å². The second kappa shape index (κ2) is 9.33. The molecule has 0 aliphatic rings. The fourth-order valence-electron chi connectivity index (χ4n) is 1.89. The van der Waals surface area contributed by atoms with Gasteiger partial charge in [-0.2, -0.15) is 5.26 Å². The highest BCUT2D eigenvalue weighted by atomic mass is 32.1. The van der Waals surface area contributed by atoms with E-state index < -0.39 is 5.91 Å². The predicted octanol–water partition coefficient (Wildman–Crippen LogP) is 2.17. The van der Waals surface area contributed by atoms with Gasteiger partial charge in [0, 0.05) is 11.3 Å². The summed E-state index contributed by atoms with van der Waals surface area (Å²) in [5.41, 5.74) is 5.18. The first kappa shape index (κ1) is 17.5. The van der Waals surface area contributed by atoms with Gasteiger partial charge in [-0.05, 0) is 48.6 Å². The van der Waals surface area contributed by atoms with Crippen molar-refractivity contribution in [2.75, 3.05) is 6.61 Å². The Bertz CT molecular complexity index is 706. The highest BCUT2D eigenvalue weighted by Crippen LogP contribution is 2.12. The maximum Gasteiger partial charge on any atom is 0.276 e. The predicted molar refractivity (Wildman–Crippen MR) is 90.2 cm³/mol. The summed E-state index contributed by atoms with van der Waals surface area (Å²) in [5.74, 6) is -0.212. The highest BCUT2D eigenvalue weighted by molar-refractivity contribution is 7.09. The van der Waals surface area contributed by atoms with Crippen molar-refractivity contribution in [1.82, 2.24) is 10.9 Å². The molecule has 2 amide bonds. The highest BCUT2D eigenvalue weighted by Gasteiger charge is 2.06. The summed E-state index contributed by atoms with van der Waals surface area (Å²) in [6.07, 6.45) is 1.92. The maximum absolute atomic E-state index is 11.6. The minimum Gasteiger partial charge on any atom is -0.484 e. The molecule has 1 aromatic heterocycles. The van der Waals surface area contributed by atoms with Crippen LogP contribution < -0.4 is 15.6 Å². The third kappa shape index (κ3) is 6.10. The number of amides is 2. The number of aryl methyl sites for hydroxylation is 1. The van der Waals surface area contributed by atoms with Crippen LogP contribution in [-0.2, 0) is 16.0 Å². The molecule has 7 heteroatoms. The van der Waals surface area contributed by atoms with Gasteiger partial charge in [-0.3, -0.25) is 20.4 Å². The Morgan fingerprint density at radius 1 is 1.12 bits per heavy atom. The van der Waals surface area contributed by atoms with E-state index in [1.807, 2.05) is 23.6 Å². The number of hydrazine groups is 1. The molecule has 0 saturated carbocycles. The SMILES string of the molecule is N#Cc1ccc(OCC(=O)NNC(=O)CCCc2cccs2)cc1. The zero-order chi connectivity index (χ0) is 17.2. The molecule has 24 heavy (non-hydrogen) atoms. The van der Waals surface area contributed by atoms with Crippen molar-refractivity contribution in [1.29, 1.82) is 5.26 Å². The Hall–Kier alpha value is -2.85. The van der Waals surface area contributed by atoms with Gasteiger partial charge in [-0.1, -0.05) is 6.07 Å². The minimum absolute atomic E-state index is 0.221. The Kier molecular flexibility index (Phi) is 6.80. The number of benzene rings is 1. The number of thiophene rings is 1. The number of nitriles is 1. The van der Waals surface area contributed by atoms with Gasteiger partial charge in [0.25, 0.3) is 5.91 Å². The van der Waals surface area contributed by atoms with Gasteiger partial charge >= 0.3 is 0 Å². The topological polar surface area (TPSA) is 91.2 Å².